The van der Waals surface area contributed by atoms with E-state index in [0.29, 0.717) is 17.5 Å². The van der Waals surface area contributed by atoms with Gasteiger partial charge in [0.15, 0.2) is 11.5 Å². The first kappa shape index (κ1) is 32.1. The molecule has 2 aliphatic rings. The maximum atomic E-state index is 5.64. The largest absolute Gasteiger partial charge is 0.497 e. The van der Waals surface area contributed by atoms with Crippen LogP contribution in [0.5, 0.6) is 17.2 Å². The summed E-state index contributed by atoms with van der Waals surface area (Å²) in [5.41, 5.74) is 9.34. The molecule has 3 heterocycles. The van der Waals surface area contributed by atoms with Crippen molar-refractivity contribution in [1.82, 2.24) is 15.2 Å². The van der Waals surface area contributed by atoms with Gasteiger partial charge in [0.05, 0.1) is 27.4 Å². The van der Waals surface area contributed by atoms with Crippen LogP contribution in [0, 0.1) is 6.92 Å². The highest BCUT2D eigenvalue weighted by Gasteiger charge is 2.26. The van der Waals surface area contributed by atoms with Gasteiger partial charge in [-0.2, -0.15) is 0 Å². The summed E-state index contributed by atoms with van der Waals surface area (Å²) in [5.74, 6) is 2.24. The van der Waals surface area contributed by atoms with Gasteiger partial charge in [0, 0.05) is 60.9 Å². The normalized spacial score (nSPS) is 16.7. The average molecular weight is 631 g/mol. The van der Waals surface area contributed by atoms with Crippen LogP contribution in [-0.4, -0.2) is 56.9 Å². The molecule has 0 radical (unpaired) electrons. The van der Waals surface area contributed by atoms with Gasteiger partial charge >= 0.3 is 0 Å². The van der Waals surface area contributed by atoms with Crippen LogP contribution in [0.1, 0.15) is 41.1 Å². The molecule has 4 aromatic rings. The van der Waals surface area contributed by atoms with Crippen LogP contribution in [0.25, 0.3) is 17.3 Å². The lowest BCUT2D eigenvalue weighted by Crippen LogP contribution is -2.45. The lowest BCUT2D eigenvalue weighted by atomic mass is 9.98. The molecule has 0 bridgehead atoms. The predicted octanol–water partition coefficient (Wildman–Crippen LogP) is 7.91. The summed E-state index contributed by atoms with van der Waals surface area (Å²) >= 11 is 0. The lowest BCUT2D eigenvalue weighted by Gasteiger charge is -2.40. The number of nitrogens with zero attached hydrogens (tertiary/aromatic N) is 2. The SMILES string of the molecule is C=Cc1cc(-c2cc(CN(c3ccc(OC)cc3)C3CCN(CC4=CC(c5cccc(C)c5)NC=C4)CC3)c[nH]2)cc(OC)c1OC. The van der Waals surface area contributed by atoms with Crippen molar-refractivity contribution in [2.75, 3.05) is 45.9 Å². The number of aromatic amines is 1. The van der Waals surface area contributed by atoms with Crippen molar-refractivity contribution in [3.8, 4) is 28.5 Å². The van der Waals surface area contributed by atoms with Gasteiger partial charge in [-0.1, -0.05) is 48.6 Å². The summed E-state index contributed by atoms with van der Waals surface area (Å²) in [7, 11) is 5.03. The van der Waals surface area contributed by atoms with Crippen molar-refractivity contribution in [2.45, 2.75) is 38.4 Å². The molecule has 1 saturated heterocycles. The Labute approximate surface area is 279 Å². The van der Waals surface area contributed by atoms with Gasteiger partial charge in [-0.25, -0.2) is 0 Å². The highest BCUT2D eigenvalue weighted by Crippen LogP contribution is 2.37. The fraction of sp³-hybridized carbons (Fsp3) is 0.300. The highest BCUT2D eigenvalue weighted by atomic mass is 16.5. The van der Waals surface area contributed by atoms with E-state index in [4.69, 9.17) is 14.2 Å². The molecule has 0 saturated carbocycles. The van der Waals surface area contributed by atoms with Crippen molar-refractivity contribution in [1.29, 1.82) is 0 Å². The quantitative estimate of drug-likeness (QED) is 0.166. The van der Waals surface area contributed by atoms with Crippen LogP contribution < -0.4 is 24.4 Å². The van der Waals surface area contributed by atoms with Crippen molar-refractivity contribution in [3.63, 3.8) is 0 Å². The minimum atomic E-state index is 0.214. The molecular weight excluding hydrogens is 584 g/mol. The van der Waals surface area contributed by atoms with Crippen LogP contribution in [0.3, 0.4) is 0 Å². The van der Waals surface area contributed by atoms with Crippen LogP contribution in [-0.2, 0) is 6.54 Å². The molecule has 1 fully saturated rings. The van der Waals surface area contributed by atoms with Gasteiger partial charge in [0.25, 0.3) is 0 Å². The van der Waals surface area contributed by atoms with Gasteiger partial charge in [-0.05, 0) is 91.2 Å². The minimum absolute atomic E-state index is 0.214. The highest BCUT2D eigenvalue weighted by molar-refractivity contribution is 5.73. The third-order valence-corrected chi connectivity index (χ3v) is 9.30. The number of rotatable bonds is 12. The van der Waals surface area contributed by atoms with E-state index >= 15 is 0 Å². The van der Waals surface area contributed by atoms with Crippen molar-refractivity contribution in [2.24, 2.45) is 0 Å². The Morgan fingerprint density at radius 1 is 0.957 bits per heavy atom. The molecule has 7 heteroatoms. The van der Waals surface area contributed by atoms with Crippen LogP contribution in [0.4, 0.5) is 5.69 Å². The van der Waals surface area contributed by atoms with E-state index in [1.165, 1.54) is 28.0 Å². The predicted molar refractivity (Wildman–Crippen MR) is 192 cm³/mol. The molecular formula is C40H46N4O3. The molecule has 2 N–H and O–H groups in total. The molecule has 0 aliphatic carbocycles. The number of nitrogens with one attached hydrogen (secondary N) is 2. The summed E-state index contributed by atoms with van der Waals surface area (Å²) in [6.07, 6.45) is 12.8. The number of benzene rings is 3. The van der Waals surface area contributed by atoms with Crippen LogP contribution in [0.15, 0.2) is 103 Å². The first-order valence-electron chi connectivity index (χ1n) is 16.4. The topological polar surface area (TPSA) is 62.0 Å². The molecule has 244 valence electrons. The number of ether oxygens (including phenoxy) is 3. The Kier molecular flexibility index (Phi) is 10.0. The monoisotopic (exact) mass is 630 g/mol. The summed E-state index contributed by atoms with van der Waals surface area (Å²) in [6.45, 7) is 10.0. The molecule has 1 atom stereocenters. The molecule has 0 amide bonds. The minimum Gasteiger partial charge on any atom is -0.497 e. The molecule has 6 rings (SSSR count). The molecule has 2 aliphatic heterocycles. The zero-order chi connectivity index (χ0) is 32.8. The van der Waals surface area contributed by atoms with Crippen LogP contribution in [0.2, 0.25) is 0 Å². The summed E-state index contributed by atoms with van der Waals surface area (Å²) < 4.78 is 16.7. The molecule has 1 aromatic heterocycles. The zero-order valence-corrected chi connectivity index (χ0v) is 28.0. The fourth-order valence-corrected chi connectivity index (χ4v) is 6.79. The van der Waals surface area contributed by atoms with E-state index in [-0.39, 0.29) is 6.04 Å². The lowest BCUT2D eigenvalue weighted by molar-refractivity contribution is 0.224. The fourth-order valence-electron chi connectivity index (χ4n) is 6.79. The number of anilines is 1. The number of aryl methyl sites for hydroxylation is 1. The summed E-state index contributed by atoms with van der Waals surface area (Å²) in [6, 6.07) is 24.2. The molecule has 47 heavy (non-hydrogen) atoms. The van der Waals surface area contributed by atoms with Gasteiger partial charge in [0.2, 0.25) is 0 Å². The van der Waals surface area contributed by atoms with E-state index in [9.17, 15) is 0 Å². The zero-order valence-electron chi connectivity index (χ0n) is 28.0. The number of aromatic nitrogens is 1. The first-order valence-corrected chi connectivity index (χ1v) is 16.4. The molecule has 7 nitrogen and oxygen atoms in total. The maximum Gasteiger partial charge on any atom is 0.167 e. The average Bonchev–Trinajstić information content (AvgIpc) is 3.59. The van der Waals surface area contributed by atoms with Gasteiger partial charge in [-0.3, -0.25) is 4.90 Å². The second-order valence-corrected chi connectivity index (χ2v) is 12.4. The standard InChI is InChI=1S/C40H46N4O3/c1-6-31-23-33(24-39(46-4)40(31)47-5)38-22-30(25-42-38)27-44(34-10-12-36(45-3)13-11-34)35-15-18-43(19-16-35)26-29-14-17-41-37(21-29)32-9-7-8-28(2)20-32/h6-14,17,20-25,35,37,41-42H,1,15-16,18-19,26-27H2,2-5H3. The third kappa shape index (κ3) is 7.42. The van der Waals surface area contributed by atoms with E-state index in [2.05, 4.69) is 119 Å². The molecule has 0 spiro atoms. The number of methoxy groups -OCH3 is 3. The second kappa shape index (κ2) is 14.7. The molecule has 1 unspecified atom stereocenters. The Bertz CT molecular complexity index is 1730. The number of hydrogen-bond donors (Lipinski definition) is 2. The molecule has 3 aromatic carbocycles. The van der Waals surface area contributed by atoms with Crippen molar-refractivity contribution < 1.29 is 14.2 Å². The van der Waals surface area contributed by atoms with E-state index < -0.39 is 0 Å². The van der Waals surface area contributed by atoms with Crippen molar-refractivity contribution in [3.05, 3.63) is 126 Å². The van der Waals surface area contributed by atoms with E-state index in [1.807, 2.05) is 6.07 Å². The van der Waals surface area contributed by atoms with E-state index in [0.717, 1.165) is 61.6 Å². The Hall–Kier alpha value is -4.88. The Morgan fingerprint density at radius 3 is 2.47 bits per heavy atom. The second-order valence-electron chi connectivity index (χ2n) is 12.4. The summed E-state index contributed by atoms with van der Waals surface area (Å²) in [5, 5.41) is 3.52. The first-order chi connectivity index (χ1) is 23.0. The van der Waals surface area contributed by atoms with Gasteiger partial charge in [0.1, 0.15) is 5.75 Å². The van der Waals surface area contributed by atoms with E-state index in [1.54, 1.807) is 27.4 Å². The third-order valence-electron chi connectivity index (χ3n) is 9.30. The number of H-pyrrole nitrogens is 1. The van der Waals surface area contributed by atoms with Crippen LogP contribution >= 0.6 is 0 Å². The van der Waals surface area contributed by atoms with Gasteiger partial charge in [-0.15, -0.1) is 0 Å². The number of hydrogen-bond acceptors (Lipinski definition) is 6. The Morgan fingerprint density at radius 2 is 1.77 bits per heavy atom. The number of piperidine rings is 1. The Balaban J connectivity index is 1.17. The van der Waals surface area contributed by atoms with Crippen molar-refractivity contribution >= 4 is 11.8 Å². The number of dihydropyridines is 1. The van der Waals surface area contributed by atoms with Gasteiger partial charge < -0.3 is 29.4 Å². The number of likely N-dealkylation sites (tertiary alicyclic amines) is 1. The summed E-state index contributed by atoms with van der Waals surface area (Å²) in [4.78, 5) is 8.67. The maximum absolute atomic E-state index is 5.64. The smallest absolute Gasteiger partial charge is 0.167 e.